The number of nitro benzene ring substituents is 1. The molecule has 3 rings (SSSR count). The van der Waals surface area contributed by atoms with E-state index in [0.29, 0.717) is 37.6 Å². The average Bonchev–Trinajstić information content (AvgIpc) is 2.73. The molecule has 1 saturated heterocycles. The van der Waals surface area contributed by atoms with Crippen molar-refractivity contribution in [3.05, 3.63) is 64.2 Å². The molecule has 2 aromatic carbocycles. The van der Waals surface area contributed by atoms with Crippen LogP contribution in [0.5, 0.6) is 0 Å². The third-order valence-corrected chi connectivity index (χ3v) is 4.71. The minimum Gasteiger partial charge on any atom is -0.444 e. The zero-order valence-electron chi connectivity index (χ0n) is 17.8. The normalized spacial score (nSPS) is 14.2. The van der Waals surface area contributed by atoms with Crippen molar-refractivity contribution in [1.82, 2.24) is 9.80 Å². The predicted molar refractivity (Wildman–Crippen MR) is 117 cm³/mol. The molecule has 0 radical (unpaired) electrons. The summed E-state index contributed by atoms with van der Waals surface area (Å²) in [6.07, 6.45) is -0.411. The Hall–Kier alpha value is -3.62. The highest BCUT2D eigenvalue weighted by Gasteiger charge is 2.29. The number of ether oxygens (including phenoxy) is 1. The highest BCUT2D eigenvalue weighted by Crippen LogP contribution is 2.29. The Morgan fingerprint density at radius 1 is 1.00 bits per heavy atom. The van der Waals surface area contributed by atoms with Crippen molar-refractivity contribution in [2.75, 3.05) is 31.5 Å². The number of nitrogens with one attached hydrogen (secondary N) is 1. The lowest BCUT2D eigenvalue weighted by molar-refractivity contribution is -0.383. The quantitative estimate of drug-likeness (QED) is 0.585. The van der Waals surface area contributed by atoms with E-state index in [1.165, 1.54) is 12.1 Å². The maximum absolute atomic E-state index is 12.9. The fourth-order valence-electron chi connectivity index (χ4n) is 3.20. The van der Waals surface area contributed by atoms with Gasteiger partial charge in [0, 0.05) is 43.5 Å². The van der Waals surface area contributed by atoms with Gasteiger partial charge in [0.2, 0.25) is 0 Å². The summed E-state index contributed by atoms with van der Waals surface area (Å²) in [5, 5.41) is 14.6. The number of hydrogen-bond acceptors (Lipinski definition) is 6. The molecule has 0 unspecified atom stereocenters. The van der Waals surface area contributed by atoms with E-state index in [4.69, 9.17) is 4.74 Å². The van der Waals surface area contributed by atoms with E-state index in [2.05, 4.69) is 5.32 Å². The van der Waals surface area contributed by atoms with Gasteiger partial charge in [-0.2, -0.15) is 0 Å². The van der Waals surface area contributed by atoms with Gasteiger partial charge in [-0.3, -0.25) is 14.9 Å². The van der Waals surface area contributed by atoms with Gasteiger partial charge in [0.1, 0.15) is 11.3 Å². The topological polar surface area (TPSA) is 105 Å². The summed E-state index contributed by atoms with van der Waals surface area (Å²) >= 11 is 0. The minimum atomic E-state index is -0.585. The molecule has 1 heterocycles. The number of benzene rings is 2. The molecule has 2 aromatic rings. The second kappa shape index (κ2) is 9.03. The number of amides is 2. The zero-order valence-corrected chi connectivity index (χ0v) is 17.8. The molecule has 31 heavy (non-hydrogen) atoms. The van der Waals surface area contributed by atoms with E-state index in [9.17, 15) is 19.7 Å². The zero-order chi connectivity index (χ0) is 22.6. The van der Waals surface area contributed by atoms with Gasteiger partial charge >= 0.3 is 6.09 Å². The molecular formula is C22H26N4O5. The van der Waals surface area contributed by atoms with Gasteiger partial charge in [0.05, 0.1) is 4.92 Å². The average molecular weight is 426 g/mol. The summed E-state index contributed by atoms with van der Waals surface area (Å²) in [6.45, 7) is 6.74. The van der Waals surface area contributed by atoms with Crippen LogP contribution in [-0.2, 0) is 4.74 Å². The molecule has 0 spiro atoms. The Morgan fingerprint density at radius 2 is 1.61 bits per heavy atom. The summed E-state index contributed by atoms with van der Waals surface area (Å²) in [5.41, 5.74) is 0.488. The summed E-state index contributed by atoms with van der Waals surface area (Å²) in [6, 6.07) is 13.5. The lowest BCUT2D eigenvalue weighted by atomic mass is 10.1. The summed E-state index contributed by atoms with van der Waals surface area (Å²) in [4.78, 5) is 39.3. The Balaban J connectivity index is 1.69. The van der Waals surface area contributed by atoms with E-state index >= 15 is 0 Å². The number of nitro groups is 1. The van der Waals surface area contributed by atoms with Crippen molar-refractivity contribution in [2.45, 2.75) is 26.4 Å². The highest BCUT2D eigenvalue weighted by molar-refractivity contribution is 5.96. The van der Waals surface area contributed by atoms with E-state index in [1.807, 2.05) is 18.2 Å². The maximum atomic E-state index is 12.9. The van der Waals surface area contributed by atoms with Crippen LogP contribution < -0.4 is 5.32 Å². The molecule has 164 valence electrons. The van der Waals surface area contributed by atoms with Crippen LogP contribution in [0, 0.1) is 10.1 Å². The van der Waals surface area contributed by atoms with E-state index < -0.39 is 16.6 Å². The van der Waals surface area contributed by atoms with Gasteiger partial charge < -0.3 is 19.9 Å². The standard InChI is InChI=1S/C22H26N4O5/c1-22(2,3)31-21(28)25-13-11-24(12-14-25)20(27)16-9-10-18(19(15-16)26(29)30)23-17-7-5-4-6-8-17/h4-10,15,23H,11-14H2,1-3H3. The summed E-state index contributed by atoms with van der Waals surface area (Å²) in [7, 11) is 0. The van der Waals surface area contributed by atoms with Gasteiger partial charge in [-0.1, -0.05) is 18.2 Å². The first-order chi connectivity index (χ1) is 14.6. The molecule has 0 saturated carbocycles. The maximum Gasteiger partial charge on any atom is 0.410 e. The van der Waals surface area contributed by atoms with Crippen LogP contribution >= 0.6 is 0 Å². The predicted octanol–water partition coefficient (Wildman–Crippen LogP) is 4.03. The molecule has 1 N–H and O–H groups in total. The highest BCUT2D eigenvalue weighted by atomic mass is 16.6. The monoisotopic (exact) mass is 426 g/mol. The van der Waals surface area contributed by atoms with Crippen LogP contribution in [-0.4, -0.2) is 58.5 Å². The molecule has 1 aliphatic rings. The second-order valence-corrected chi connectivity index (χ2v) is 8.24. The van der Waals surface area contributed by atoms with Gasteiger partial charge in [-0.05, 0) is 45.0 Å². The van der Waals surface area contributed by atoms with Crippen LogP contribution in [0.2, 0.25) is 0 Å². The van der Waals surface area contributed by atoms with Gasteiger partial charge in [-0.15, -0.1) is 0 Å². The molecule has 0 atom stereocenters. The number of para-hydroxylation sites is 1. The van der Waals surface area contributed by atoms with E-state index in [1.54, 1.807) is 48.8 Å². The molecule has 2 amide bonds. The third-order valence-electron chi connectivity index (χ3n) is 4.71. The molecule has 0 bridgehead atoms. The minimum absolute atomic E-state index is 0.179. The summed E-state index contributed by atoms with van der Waals surface area (Å²) in [5.74, 6) is -0.307. The number of carbonyl (C=O) groups excluding carboxylic acids is 2. The smallest absolute Gasteiger partial charge is 0.410 e. The number of anilines is 2. The largest absolute Gasteiger partial charge is 0.444 e. The number of piperazine rings is 1. The SMILES string of the molecule is CC(C)(C)OC(=O)N1CCN(C(=O)c2ccc(Nc3ccccc3)c([N+](=O)[O-])c2)CC1. The van der Waals surface area contributed by atoms with Crippen molar-refractivity contribution in [2.24, 2.45) is 0 Å². The fraction of sp³-hybridized carbons (Fsp3) is 0.364. The van der Waals surface area contributed by atoms with Crippen LogP contribution in [0.1, 0.15) is 31.1 Å². The van der Waals surface area contributed by atoms with Crippen LogP contribution in [0.4, 0.5) is 21.9 Å². The molecule has 9 heteroatoms. The van der Waals surface area contributed by atoms with Crippen molar-refractivity contribution >= 4 is 29.1 Å². The number of rotatable bonds is 4. The van der Waals surface area contributed by atoms with Crippen molar-refractivity contribution in [3.63, 3.8) is 0 Å². The number of carbonyl (C=O) groups is 2. The first-order valence-corrected chi connectivity index (χ1v) is 10.0. The Labute approximate surface area is 180 Å². The van der Waals surface area contributed by atoms with Crippen molar-refractivity contribution in [1.29, 1.82) is 0 Å². The van der Waals surface area contributed by atoms with Gasteiger partial charge in [0.15, 0.2) is 0 Å². The van der Waals surface area contributed by atoms with E-state index in [-0.39, 0.29) is 17.2 Å². The van der Waals surface area contributed by atoms with Crippen LogP contribution in [0.15, 0.2) is 48.5 Å². The molecule has 0 aliphatic carbocycles. The fourth-order valence-corrected chi connectivity index (χ4v) is 3.20. The summed E-state index contributed by atoms with van der Waals surface area (Å²) < 4.78 is 5.36. The van der Waals surface area contributed by atoms with Gasteiger partial charge in [-0.25, -0.2) is 4.79 Å². The Bertz CT molecular complexity index is 964. The molecular weight excluding hydrogens is 400 g/mol. The van der Waals surface area contributed by atoms with Crippen molar-refractivity contribution < 1.29 is 19.2 Å². The number of nitrogens with zero attached hydrogens (tertiary/aromatic N) is 3. The van der Waals surface area contributed by atoms with E-state index in [0.717, 1.165) is 0 Å². The van der Waals surface area contributed by atoms with Gasteiger partial charge in [0.25, 0.3) is 11.6 Å². The lowest BCUT2D eigenvalue weighted by Gasteiger charge is -2.35. The molecule has 1 aliphatic heterocycles. The van der Waals surface area contributed by atoms with Crippen LogP contribution in [0.25, 0.3) is 0 Å². The first-order valence-electron chi connectivity index (χ1n) is 10.0. The Kier molecular flexibility index (Phi) is 6.43. The molecule has 9 nitrogen and oxygen atoms in total. The molecule has 1 fully saturated rings. The second-order valence-electron chi connectivity index (χ2n) is 8.24. The van der Waals surface area contributed by atoms with Crippen LogP contribution in [0.3, 0.4) is 0 Å². The Morgan fingerprint density at radius 3 is 2.19 bits per heavy atom. The number of hydrogen-bond donors (Lipinski definition) is 1. The molecule has 0 aromatic heterocycles. The first kappa shape index (κ1) is 22.1. The van der Waals surface area contributed by atoms with Crippen molar-refractivity contribution in [3.8, 4) is 0 Å². The lowest BCUT2D eigenvalue weighted by Crippen LogP contribution is -2.51. The third kappa shape index (κ3) is 5.71.